The van der Waals surface area contributed by atoms with Crippen LogP contribution in [0.1, 0.15) is 25.5 Å². The second kappa shape index (κ2) is 9.84. The molecule has 0 saturated carbocycles. The van der Waals surface area contributed by atoms with Crippen LogP contribution in [0.3, 0.4) is 0 Å². The molecule has 1 fully saturated rings. The first-order chi connectivity index (χ1) is 10.5. The van der Waals surface area contributed by atoms with Crippen molar-refractivity contribution >= 4 is 29.9 Å². The van der Waals surface area contributed by atoms with Gasteiger partial charge >= 0.3 is 0 Å². The highest BCUT2D eigenvalue weighted by atomic mass is 127. The summed E-state index contributed by atoms with van der Waals surface area (Å²) in [7, 11) is 0. The van der Waals surface area contributed by atoms with Gasteiger partial charge in [0.05, 0.1) is 12.2 Å². The van der Waals surface area contributed by atoms with Crippen LogP contribution >= 0.6 is 24.0 Å². The van der Waals surface area contributed by atoms with Gasteiger partial charge in [-0.3, -0.25) is 0 Å². The SMILES string of the molecule is CC1CCCN(C(N)=NCc2cccc(OCC(F)F)n2)C1.I. The summed E-state index contributed by atoms with van der Waals surface area (Å²) >= 11 is 0. The number of piperidine rings is 1. The lowest BCUT2D eigenvalue weighted by Gasteiger charge is -2.31. The summed E-state index contributed by atoms with van der Waals surface area (Å²) < 4.78 is 29.1. The molecule has 130 valence electrons. The quantitative estimate of drug-likeness (QED) is 0.435. The summed E-state index contributed by atoms with van der Waals surface area (Å²) in [5, 5.41) is 0. The Kier molecular flexibility index (Phi) is 8.49. The van der Waals surface area contributed by atoms with Crippen LogP contribution < -0.4 is 10.5 Å². The van der Waals surface area contributed by atoms with E-state index in [1.807, 2.05) is 0 Å². The van der Waals surface area contributed by atoms with Gasteiger partial charge in [-0.1, -0.05) is 13.0 Å². The molecule has 1 saturated heterocycles. The van der Waals surface area contributed by atoms with Crippen LogP contribution in [0.25, 0.3) is 0 Å². The van der Waals surface area contributed by atoms with E-state index >= 15 is 0 Å². The Labute approximate surface area is 152 Å². The second-order valence-electron chi connectivity index (χ2n) is 5.54. The molecular formula is C15H23F2IN4O. The number of halogens is 3. The Morgan fingerprint density at radius 1 is 1.52 bits per heavy atom. The monoisotopic (exact) mass is 440 g/mol. The van der Waals surface area contributed by atoms with Gasteiger partial charge in [-0.05, 0) is 24.8 Å². The smallest absolute Gasteiger partial charge is 0.272 e. The Balaban J connectivity index is 0.00000264. The van der Waals surface area contributed by atoms with E-state index < -0.39 is 13.0 Å². The molecule has 2 rings (SSSR count). The van der Waals surface area contributed by atoms with Crippen molar-refractivity contribution in [3.05, 3.63) is 23.9 Å². The standard InChI is InChI=1S/C15H22F2N4O.HI/c1-11-4-3-7-21(9-11)15(18)19-8-12-5-2-6-14(20-12)22-10-13(16)17;/h2,5-6,11,13H,3-4,7-10H2,1H3,(H2,18,19);1H. The number of alkyl halides is 2. The van der Waals surface area contributed by atoms with Crippen LogP contribution in [-0.2, 0) is 6.54 Å². The first kappa shape index (κ1) is 19.9. The van der Waals surface area contributed by atoms with E-state index in [4.69, 9.17) is 10.5 Å². The molecule has 0 aliphatic carbocycles. The maximum absolute atomic E-state index is 12.1. The average molecular weight is 440 g/mol. The lowest BCUT2D eigenvalue weighted by Crippen LogP contribution is -2.43. The third-order valence-corrected chi connectivity index (χ3v) is 3.52. The minimum Gasteiger partial charge on any atom is -0.472 e. The van der Waals surface area contributed by atoms with Crippen molar-refractivity contribution in [1.82, 2.24) is 9.88 Å². The van der Waals surface area contributed by atoms with E-state index in [1.165, 1.54) is 6.42 Å². The summed E-state index contributed by atoms with van der Waals surface area (Å²) in [6.45, 7) is 3.69. The predicted molar refractivity (Wildman–Crippen MR) is 96.4 cm³/mol. The number of ether oxygens (including phenoxy) is 1. The van der Waals surface area contributed by atoms with Crippen LogP contribution in [0.5, 0.6) is 5.88 Å². The van der Waals surface area contributed by atoms with E-state index in [2.05, 4.69) is 21.8 Å². The molecule has 1 aliphatic rings. The van der Waals surface area contributed by atoms with Crippen molar-refractivity contribution in [2.75, 3.05) is 19.7 Å². The largest absolute Gasteiger partial charge is 0.472 e. The molecule has 2 N–H and O–H groups in total. The lowest BCUT2D eigenvalue weighted by molar-refractivity contribution is 0.0795. The third-order valence-electron chi connectivity index (χ3n) is 3.52. The van der Waals surface area contributed by atoms with Crippen molar-refractivity contribution in [1.29, 1.82) is 0 Å². The molecule has 1 aliphatic heterocycles. The third kappa shape index (κ3) is 6.84. The summed E-state index contributed by atoms with van der Waals surface area (Å²) in [6.07, 6.45) is -0.179. The number of likely N-dealkylation sites (tertiary alicyclic amines) is 1. The second-order valence-corrected chi connectivity index (χ2v) is 5.54. The predicted octanol–water partition coefficient (Wildman–Crippen LogP) is 2.89. The number of hydrogen-bond acceptors (Lipinski definition) is 3. The Hall–Kier alpha value is -1.19. The van der Waals surface area contributed by atoms with Gasteiger partial charge in [-0.15, -0.1) is 24.0 Å². The molecule has 0 bridgehead atoms. The molecule has 0 spiro atoms. The van der Waals surface area contributed by atoms with Gasteiger partial charge in [0.2, 0.25) is 5.88 Å². The summed E-state index contributed by atoms with van der Waals surface area (Å²) in [4.78, 5) is 10.6. The van der Waals surface area contributed by atoms with Crippen LogP contribution in [0.2, 0.25) is 0 Å². The average Bonchev–Trinajstić information content (AvgIpc) is 2.51. The van der Waals surface area contributed by atoms with Gasteiger partial charge in [-0.25, -0.2) is 18.8 Å². The highest BCUT2D eigenvalue weighted by molar-refractivity contribution is 14.0. The van der Waals surface area contributed by atoms with Crippen molar-refractivity contribution in [2.24, 2.45) is 16.6 Å². The molecule has 0 amide bonds. The number of guanidine groups is 1. The fourth-order valence-corrected chi connectivity index (χ4v) is 2.43. The summed E-state index contributed by atoms with van der Waals surface area (Å²) in [5.74, 6) is 1.30. The maximum atomic E-state index is 12.1. The molecule has 23 heavy (non-hydrogen) atoms. The van der Waals surface area contributed by atoms with E-state index in [9.17, 15) is 8.78 Å². The van der Waals surface area contributed by atoms with E-state index in [0.29, 0.717) is 24.1 Å². The highest BCUT2D eigenvalue weighted by Crippen LogP contribution is 2.15. The molecule has 5 nitrogen and oxygen atoms in total. The zero-order chi connectivity index (χ0) is 15.9. The number of nitrogens with zero attached hydrogens (tertiary/aromatic N) is 3. The van der Waals surface area contributed by atoms with E-state index in [1.54, 1.807) is 18.2 Å². The summed E-state index contributed by atoms with van der Waals surface area (Å²) in [6, 6.07) is 5.02. The zero-order valence-corrected chi connectivity index (χ0v) is 15.5. The fraction of sp³-hybridized carbons (Fsp3) is 0.600. The van der Waals surface area contributed by atoms with E-state index in [-0.39, 0.29) is 29.9 Å². The number of nitrogens with two attached hydrogens (primary N) is 1. The number of hydrogen-bond donors (Lipinski definition) is 1. The van der Waals surface area contributed by atoms with Gasteiger partial charge in [0.15, 0.2) is 12.6 Å². The minimum absolute atomic E-state index is 0. The number of rotatable bonds is 5. The maximum Gasteiger partial charge on any atom is 0.272 e. The van der Waals surface area contributed by atoms with E-state index in [0.717, 1.165) is 19.5 Å². The van der Waals surface area contributed by atoms with Crippen molar-refractivity contribution < 1.29 is 13.5 Å². The van der Waals surface area contributed by atoms with Gasteiger partial charge in [0.25, 0.3) is 6.43 Å². The number of aromatic nitrogens is 1. The van der Waals surface area contributed by atoms with Crippen molar-refractivity contribution in [3.8, 4) is 5.88 Å². The molecule has 1 atom stereocenters. The Bertz CT molecular complexity index is 516. The topological polar surface area (TPSA) is 63.7 Å². The molecule has 1 aromatic heterocycles. The molecule has 0 aromatic carbocycles. The Morgan fingerprint density at radius 3 is 3.00 bits per heavy atom. The molecule has 1 aromatic rings. The van der Waals surface area contributed by atoms with Crippen LogP contribution in [-0.4, -0.2) is 42.0 Å². The fourth-order valence-electron chi connectivity index (χ4n) is 2.43. The van der Waals surface area contributed by atoms with Gasteiger partial charge in [0.1, 0.15) is 0 Å². The number of aliphatic imine (C=N–C) groups is 1. The Morgan fingerprint density at radius 2 is 2.30 bits per heavy atom. The lowest BCUT2D eigenvalue weighted by atomic mass is 10.0. The van der Waals surface area contributed by atoms with Crippen LogP contribution in [0, 0.1) is 5.92 Å². The highest BCUT2D eigenvalue weighted by Gasteiger charge is 2.17. The molecule has 2 heterocycles. The molecule has 0 radical (unpaired) electrons. The first-order valence-corrected chi connectivity index (χ1v) is 7.46. The minimum atomic E-state index is -2.51. The summed E-state index contributed by atoms with van der Waals surface area (Å²) in [5.41, 5.74) is 6.65. The van der Waals surface area contributed by atoms with Crippen molar-refractivity contribution in [3.63, 3.8) is 0 Å². The van der Waals surface area contributed by atoms with Gasteiger partial charge < -0.3 is 15.4 Å². The normalized spacial score (nSPS) is 18.7. The molecule has 8 heteroatoms. The molecular weight excluding hydrogens is 417 g/mol. The van der Waals surface area contributed by atoms with Crippen LogP contribution in [0.15, 0.2) is 23.2 Å². The van der Waals surface area contributed by atoms with Crippen LogP contribution in [0.4, 0.5) is 8.78 Å². The zero-order valence-electron chi connectivity index (χ0n) is 13.1. The van der Waals surface area contributed by atoms with Gasteiger partial charge in [-0.2, -0.15) is 0 Å². The molecule has 1 unspecified atom stereocenters. The number of pyridine rings is 1. The van der Waals surface area contributed by atoms with Gasteiger partial charge in [0, 0.05) is 19.2 Å². The van der Waals surface area contributed by atoms with Crippen molar-refractivity contribution in [2.45, 2.75) is 32.7 Å². The first-order valence-electron chi connectivity index (χ1n) is 7.46.